The lowest BCUT2D eigenvalue weighted by atomic mass is 10.1. The van der Waals surface area contributed by atoms with Gasteiger partial charge in [0.15, 0.2) is 8.32 Å². The summed E-state index contributed by atoms with van der Waals surface area (Å²) in [7, 11) is -1.58. The van der Waals surface area contributed by atoms with E-state index in [9.17, 15) is 0 Å². The van der Waals surface area contributed by atoms with Crippen molar-refractivity contribution >= 4 is 24.2 Å². The summed E-state index contributed by atoms with van der Waals surface area (Å²) in [6.07, 6.45) is 1.01. The maximum absolute atomic E-state index is 6.18. The predicted octanol–water partition coefficient (Wildman–Crippen LogP) is 5.15. The number of hydrogen-bond donors (Lipinski definition) is 0. The Bertz CT molecular complexity index is 365. The van der Waals surface area contributed by atoms with Gasteiger partial charge in [-0.05, 0) is 35.7 Å². The van der Waals surface area contributed by atoms with Crippen LogP contribution in [0.25, 0.3) is 0 Å². The lowest BCUT2D eigenvalue weighted by Gasteiger charge is -2.36. The van der Waals surface area contributed by atoms with Crippen molar-refractivity contribution in [1.29, 1.82) is 0 Å². The Hall–Kier alpha value is -0.123. The molecule has 0 saturated carbocycles. The fourth-order valence-electron chi connectivity index (χ4n) is 1.44. The van der Waals surface area contributed by atoms with Crippen LogP contribution in [0.5, 0.6) is 0 Å². The molecule has 0 atom stereocenters. The molecule has 0 amide bonds. The number of halogens is 1. The van der Waals surface area contributed by atoms with Gasteiger partial charge in [0.2, 0.25) is 0 Å². The molecule has 1 aromatic carbocycles. The van der Waals surface area contributed by atoms with Crippen LogP contribution < -0.4 is 0 Å². The first-order valence-electron chi connectivity index (χ1n) is 6.54. The number of alkyl halides is 1. The van der Waals surface area contributed by atoms with Gasteiger partial charge in [0.1, 0.15) is 0 Å². The van der Waals surface area contributed by atoms with E-state index in [1.807, 2.05) is 0 Å². The molecule has 0 aromatic heterocycles. The van der Waals surface area contributed by atoms with Gasteiger partial charge in [-0.25, -0.2) is 0 Å². The summed E-state index contributed by atoms with van der Waals surface area (Å²) in [5.74, 6) is 0. The molecule has 0 unspecified atom stereocenters. The highest BCUT2D eigenvalue weighted by molar-refractivity contribution is 9.08. The molecule has 0 fully saturated rings. The van der Waals surface area contributed by atoms with E-state index in [0.29, 0.717) is 5.04 Å². The zero-order chi connectivity index (χ0) is 13.8. The summed E-state index contributed by atoms with van der Waals surface area (Å²) in [4.78, 5) is 0. The topological polar surface area (TPSA) is 9.23 Å². The van der Waals surface area contributed by atoms with Crippen molar-refractivity contribution in [2.45, 2.75) is 50.7 Å². The minimum Gasteiger partial charge on any atom is -0.416 e. The third kappa shape index (κ3) is 4.52. The number of benzene rings is 1. The van der Waals surface area contributed by atoms with Gasteiger partial charge in [-0.3, -0.25) is 0 Å². The summed E-state index contributed by atoms with van der Waals surface area (Å²) >= 11 is 3.46. The van der Waals surface area contributed by atoms with Gasteiger partial charge in [-0.15, -0.1) is 0 Å². The molecule has 102 valence electrons. The Morgan fingerprint density at radius 2 is 1.56 bits per heavy atom. The van der Waals surface area contributed by atoms with Crippen LogP contribution in [0.2, 0.25) is 18.1 Å². The Balaban J connectivity index is 2.46. The van der Waals surface area contributed by atoms with E-state index in [1.165, 1.54) is 11.1 Å². The average Bonchev–Trinajstić information content (AvgIpc) is 2.28. The number of rotatable bonds is 5. The molecule has 0 N–H and O–H groups in total. The molecule has 1 rings (SSSR count). The van der Waals surface area contributed by atoms with Crippen molar-refractivity contribution in [2.75, 3.05) is 6.61 Å². The van der Waals surface area contributed by atoms with Gasteiger partial charge < -0.3 is 4.43 Å². The highest BCUT2D eigenvalue weighted by Gasteiger charge is 2.36. The lowest BCUT2D eigenvalue weighted by molar-refractivity contribution is 0.292. The largest absolute Gasteiger partial charge is 0.416 e. The van der Waals surface area contributed by atoms with E-state index in [0.717, 1.165) is 18.4 Å². The SMILES string of the molecule is CC(C)(C)[Si](C)(C)OCCc1ccc(CBr)cc1. The molecule has 0 heterocycles. The zero-order valence-electron chi connectivity index (χ0n) is 12.2. The molecule has 1 aromatic rings. The molecule has 0 radical (unpaired) electrons. The van der Waals surface area contributed by atoms with Crippen molar-refractivity contribution < 1.29 is 4.43 Å². The first kappa shape index (κ1) is 15.9. The Labute approximate surface area is 121 Å². The molecular weight excluding hydrogens is 304 g/mol. The number of hydrogen-bond acceptors (Lipinski definition) is 1. The van der Waals surface area contributed by atoms with Crippen LogP contribution in [-0.4, -0.2) is 14.9 Å². The summed E-state index contributed by atoms with van der Waals surface area (Å²) in [5.41, 5.74) is 2.68. The van der Waals surface area contributed by atoms with E-state index < -0.39 is 8.32 Å². The van der Waals surface area contributed by atoms with Gasteiger partial charge in [0.05, 0.1) is 0 Å². The second-order valence-electron chi connectivity index (χ2n) is 6.31. The van der Waals surface area contributed by atoms with E-state index in [1.54, 1.807) is 0 Å². The molecule has 18 heavy (non-hydrogen) atoms. The zero-order valence-corrected chi connectivity index (χ0v) is 14.8. The van der Waals surface area contributed by atoms with Crippen molar-refractivity contribution in [2.24, 2.45) is 0 Å². The van der Waals surface area contributed by atoms with Crippen LogP contribution in [-0.2, 0) is 16.2 Å². The van der Waals surface area contributed by atoms with E-state index in [-0.39, 0.29) is 0 Å². The van der Waals surface area contributed by atoms with Crippen molar-refractivity contribution in [3.8, 4) is 0 Å². The maximum atomic E-state index is 6.18. The summed E-state index contributed by atoms with van der Waals surface area (Å²) in [6.45, 7) is 12.3. The van der Waals surface area contributed by atoms with Crippen molar-refractivity contribution in [1.82, 2.24) is 0 Å². The van der Waals surface area contributed by atoms with Crippen LogP contribution in [0, 0.1) is 0 Å². The smallest absolute Gasteiger partial charge is 0.191 e. The molecule has 0 spiro atoms. The maximum Gasteiger partial charge on any atom is 0.191 e. The van der Waals surface area contributed by atoms with Gasteiger partial charge in [-0.2, -0.15) is 0 Å². The van der Waals surface area contributed by atoms with Crippen molar-refractivity contribution in [3.05, 3.63) is 35.4 Å². The Morgan fingerprint density at radius 1 is 1.06 bits per heavy atom. The van der Waals surface area contributed by atoms with Gasteiger partial charge in [0.25, 0.3) is 0 Å². The van der Waals surface area contributed by atoms with Crippen LogP contribution in [0.4, 0.5) is 0 Å². The molecular formula is C15H25BrOSi. The van der Waals surface area contributed by atoms with Crippen LogP contribution in [0.15, 0.2) is 24.3 Å². The highest BCUT2D eigenvalue weighted by Crippen LogP contribution is 2.36. The average molecular weight is 329 g/mol. The van der Waals surface area contributed by atoms with E-state index >= 15 is 0 Å². The van der Waals surface area contributed by atoms with Crippen LogP contribution >= 0.6 is 15.9 Å². The molecule has 0 aliphatic rings. The normalized spacial score (nSPS) is 12.8. The summed E-state index contributed by atoms with van der Waals surface area (Å²) in [5, 5.41) is 1.22. The lowest BCUT2D eigenvalue weighted by Crippen LogP contribution is -2.41. The molecule has 0 aliphatic heterocycles. The predicted molar refractivity (Wildman–Crippen MR) is 85.9 cm³/mol. The standard InChI is InChI=1S/C15H25BrOSi/c1-15(2,3)18(4,5)17-11-10-13-6-8-14(12-16)9-7-13/h6-9H,10-12H2,1-5H3. The molecule has 1 nitrogen and oxygen atoms in total. The van der Waals surface area contributed by atoms with Crippen molar-refractivity contribution in [3.63, 3.8) is 0 Å². The van der Waals surface area contributed by atoms with E-state index in [2.05, 4.69) is 74.1 Å². The minimum atomic E-state index is -1.58. The highest BCUT2D eigenvalue weighted by atomic mass is 79.9. The monoisotopic (exact) mass is 328 g/mol. The molecule has 3 heteroatoms. The summed E-state index contributed by atoms with van der Waals surface area (Å²) < 4.78 is 6.18. The van der Waals surface area contributed by atoms with Crippen LogP contribution in [0.1, 0.15) is 31.9 Å². The Kier molecular flexibility index (Phi) is 5.62. The van der Waals surface area contributed by atoms with Gasteiger partial charge in [0, 0.05) is 11.9 Å². The second kappa shape index (κ2) is 6.35. The second-order valence-corrected chi connectivity index (χ2v) is 11.7. The quantitative estimate of drug-likeness (QED) is 0.536. The fraction of sp³-hybridized carbons (Fsp3) is 0.600. The van der Waals surface area contributed by atoms with Gasteiger partial charge in [-0.1, -0.05) is 61.0 Å². The summed E-state index contributed by atoms with van der Waals surface area (Å²) in [6, 6.07) is 8.75. The third-order valence-electron chi connectivity index (χ3n) is 3.84. The first-order valence-corrected chi connectivity index (χ1v) is 10.6. The third-order valence-corrected chi connectivity index (χ3v) is 9.02. The first-order chi connectivity index (χ1) is 8.26. The van der Waals surface area contributed by atoms with E-state index in [4.69, 9.17) is 4.43 Å². The fourth-order valence-corrected chi connectivity index (χ4v) is 2.85. The minimum absolute atomic E-state index is 0.298. The Morgan fingerprint density at radius 3 is 2.00 bits per heavy atom. The molecule has 0 saturated heterocycles. The van der Waals surface area contributed by atoms with Gasteiger partial charge >= 0.3 is 0 Å². The molecule has 0 bridgehead atoms. The van der Waals surface area contributed by atoms with Crippen LogP contribution in [0.3, 0.4) is 0 Å². The molecule has 0 aliphatic carbocycles.